The number of benzene rings is 1. The van der Waals surface area contributed by atoms with E-state index in [1.807, 2.05) is 18.3 Å². The summed E-state index contributed by atoms with van der Waals surface area (Å²) in [4.78, 5) is 12.4. The quantitative estimate of drug-likeness (QED) is 0.785. The Kier molecular flexibility index (Phi) is 3.85. The molecule has 0 spiro atoms. The van der Waals surface area contributed by atoms with Crippen LogP contribution in [-0.2, 0) is 29.1 Å². The standard InChI is InChI=1S/C17H20N4O2/c22-17(15-5-12-7-20-21-16(12)8-18-15)19-6-13-10-23-9-11-3-1-2-4-14(11)13/h1-4,7,13,15,18H,5-6,8-10H2,(H,19,22)(H,20,21). The molecule has 2 aliphatic rings. The fraction of sp³-hybridized carbons (Fsp3) is 0.412. The zero-order valence-corrected chi connectivity index (χ0v) is 12.8. The Morgan fingerprint density at radius 1 is 1.35 bits per heavy atom. The molecule has 2 atom stereocenters. The highest BCUT2D eigenvalue weighted by Gasteiger charge is 2.27. The maximum absolute atomic E-state index is 12.4. The van der Waals surface area contributed by atoms with Crippen LogP contribution in [0.5, 0.6) is 0 Å². The Balaban J connectivity index is 1.38. The third-order valence-electron chi connectivity index (χ3n) is 4.67. The summed E-state index contributed by atoms with van der Waals surface area (Å²) in [5.41, 5.74) is 4.70. The first-order chi connectivity index (χ1) is 11.3. The van der Waals surface area contributed by atoms with Crippen molar-refractivity contribution in [3.05, 3.63) is 52.8 Å². The number of fused-ring (bicyclic) bond motifs is 2. The van der Waals surface area contributed by atoms with E-state index in [4.69, 9.17) is 4.74 Å². The maximum atomic E-state index is 12.4. The van der Waals surface area contributed by atoms with Gasteiger partial charge in [-0.3, -0.25) is 15.2 Å². The third-order valence-corrected chi connectivity index (χ3v) is 4.67. The molecule has 0 saturated heterocycles. The minimum atomic E-state index is -0.195. The average molecular weight is 312 g/mol. The van der Waals surface area contributed by atoms with Gasteiger partial charge >= 0.3 is 0 Å². The smallest absolute Gasteiger partial charge is 0.237 e. The molecule has 2 aromatic rings. The first-order valence-corrected chi connectivity index (χ1v) is 7.99. The highest BCUT2D eigenvalue weighted by atomic mass is 16.5. The van der Waals surface area contributed by atoms with Gasteiger partial charge in [-0.15, -0.1) is 0 Å². The number of ether oxygens (including phenoxy) is 1. The molecule has 23 heavy (non-hydrogen) atoms. The second kappa shape index (κ2) is 6.14. The first-order valence-electron chi connectivity index (χ1n) is 7.99. The molecule has 3 N–H and O–H groups in total. The van der Waals surface area contributed by atoms with Gasteiger partial charge in [0.05, 0.1) is 31.1 Å². The van der Waals surface area contributed by atoms with Gasteiger partial charge in [-0.1, -0.05) is 24.3 Å². The number of carbonyl (C=O) groups is 1. The van der Waals surface area contributed by atoms with Crippen LogP contribution in [0.1, 0.15) is 28.3 Å². The molecule has 0 aliphatic carbocycles. The molecule has 0 bridgehead atoms. The molecular weight excluding hydrogens is 292 g/mol. The minimum absolute atomic E-state index is 0.0416. The second-order valence-electron chi connectivity index (χ2n) is 6.17. The predicted molar refractivity (Wildman–Crippen MR) is 84.8 cm³/mol. The number of amides is 1. The van der Waals surface area contributed by atoms with E-state index >= 15 is 0 Å². The summed E-state index contributed by atoms with van der Waals surface area (Å²) in [7, 11) is 0. The zero-order chi connectivity index (χ0) is 15.6. The molecule has 3 heterocycles. The van der Waals surface area contributed by atoms with Crippen molar-refractivity contribution < 1.29 is 9.53 Å². The maximum Gasteiger partial charge on any atom is 0.237 e. The predicted octanol–water partition coefficient (Wildman–Crippen LogP) is 0.854. The van der Waals surface area contributed by atoms with Crippen molar-refractivity contribution in [2.45, 2.75) is 31.5 Å². The lowest BCUT2D eigenvalue weighted by molar-refractivity contribution is -0.123. The van der Waals surface area contributed by atoms with Gasteiger partial charge in [0, 0.05) is 25.4 Å². The lowest BCUT2D eigenvalue weighted by Gasteiger charge is -2.27. The number of rotatable bonds is 3. The zero-order valence-electron chi connectivity index (χ0n) is 12.8. The van der Waals surface area contributed by atoms with E-state index in [2.05, 4.69) is 33.0 Å². The number of hydrogen-bond acceptors (Lipinski definition) is 4. The fourth-order valence-corrected chi connectivity index (χ4v) is 3.35. The Labute approximate surface area is 134 Å². The molecule has 1 aromatic heterocycles. The van der Waals surface area contributed by atoms with Crippen molar-refractivity contribution in [1.29, 1.82) is 0 Å². The number of carbonyl (C=O) groups excluding carboxylic acids is 1. The highest BCUT2D eigenvalue weighted by molar-refractivity contribution is 5.82. The van der Waals surface area contributed by atoms with Gasteiger partial charge in [-0.2, -0.15) is 5.10 Å². The van der Waals surface area contributed by atoms with Crippen molar-refractivity contribution in [3.8, 4) is 0 Å². The van der Waals surface area contributed by atoms with Gasteiger partial charge < -0.3 is 10.1 Å². The van der Waals surface area contributed by atoms with Gasteiger partial charge in [0.2, 0.25) is 5.91 Å². The molecule has 1 amide bonds. The topological polar surface area (TPSA) is 79.0 Å². The fourth-order valence-electron chi connectivity index (χ4n) is 3.35. The van der Waals surface area contributed by atoms with E-state index in [0.29, 0.717) is 32.7 Å². The molecule has 4 rings (SSSR count). The molecular formula is C17H20N4O2. The molecule has 2 aliphatic heterocycles. The third kappa shape index (κ3) is 2.87. The van der Waals surface area contributed by atoms with Gasteiger partial charge in [0.1, 0.15) is 0 Å². The Morgan fingerprint density at radius 2 is 2.26 bits per heavy atom. The number of hydrogen-bond donors (Lipinski definition) is 3. The Bertz CT molecular complexity index is 712. The van der Waals surface area contributed by atoms with E-state index < -0.39 is 0 Å². The summed E-state index contributed by atoms with van der Waals surface area (Å²) < 4.78 is 5.64. The number of nitrogens with zero attached hydrogens (tertiary/aromatic N) is 1. The number of nitrogens with one attached hydrogen (secondary N) is 3. The van der Waals surface area contributed by atoms with Crippen LogP contribution in [0.2, 0.25) is 0 Å². The molecule has 1 aromatic carbocycles. The van der Waals surface area contributed by atoms with E-state index in [-0.39, 0.29) is 17.9 Å². The molecule has 6 nitrogen and oxygen atoms in total. The average Bonchev–Trinajstić information content (AvgIpc) is 3.07. The summed E-state index contributed by atoms with van der Waals surface area (Å²) in [5.74, 6) is 0.261. The Hall–Kier alpha value is -2.18. The van der Waals surface area contributed by atoms with Crippen LogP contribution in [0.4, 0.5) is 0 Å². The van der Waals surface area contributed by atoms with Crippen LogP contribution in [-0.4, -0.2) is 35.3 Å². The minimum Gasteiger partial charge on any atom is -0.376 e. The van der Waals surface area contributed by atoms with Gasteiger partial charge in [-0.05, 0) is 16.7 Å². The van der Waals surface area contributed by atoms with Gasteiger partial charge in [0.25, 0.3) is 0 Å². The summed E-state index contributed by atoms with van der Waals surface area (Å²) in [6, 6.07) is 8.09. The van der Waals surface area contributed by atoms with Crippen LogP contribution < -0.4 is 10.6 Å². The number of aromatic nitrogens is 2. The van der Waals surface area contributed by atoms with Crippen molar-refractivity contribution in [1.82, 2.24) is 20.8 Å². The van der Waals surface area contributed by atoms with Crippen LogP contribution in [0.25, 0.3) is 0 Å². The van der Waals surface area contributed by atoms with Crippen LogP contribution >= 0.6 is 0 Å². The van der Waals surface area contributed by atoms with Crippen molar-refractivity contribution >= 4 is 5.91 Å². The molecule has 6 heteroatoms. The van der Waals surface area contributed by atoms with Crippen molar-refractivity contribution in [2.24, 2.45) is 0 Å². The van der Waals surface area contributed by atoms with Gasteiger partial charge in [0.15, 0.2) is 0 Å². The number of H-pyrrole nitrogens is 1. The summed E-state index contributed by atoms with van der Waals surface area (Å²) in [5, 5.41) is 13.3. The van der Waals surface area contributed by atoms with Crippen molar-refractivity contribution in [2.75, 3.05) is 13.2 Å². The summed E-state index contributed by atoms with van der Waals surface area (Å²) in [6.45, 7) is 2.57. The van der Waals surface area contributed by atoms with E-state index in [1.165, 1.54) is 11.1 Å². The first kappa shape index (κ1) is 14.4. The molecule has 120 valence electrons. The second-order valence-corrected chi connectivity index (χ2v) is 6.17. The lowest BCUT2D eigenvalue weighted by Crippen LogP contribution is -2.48. The van der Waals surface area contributed by atoms with Crippen LogP contribution in [0.15, 0.2) is 30.5 Å². The molecule has 0 fully saturated rings. The highest BCUT2D eigenvalue weighted by Crippen LogP contribution is 2.25. The summed E-state index contributed by atoms with van der Waals surface area (Å²) in [6.07, 6.45) is 2.48. The molecule has 0 saturated carbocycles. The largest absolute Gasteiger partial charge is 0.376 e. The van der Waals surface area contributed by atoms with E-state index in [0.717, 1.165) is 11.3 Å². The SMILES string of the molecule is O=C(NCC1COCc2ccccc21)C1Cc2cn[nH]c2CN1. The number of aromatic amines is 1. The lowest BCUT2D eigenvalue weighted by atomic mass is 9.93. The monoisotopic (exact) mass is 312 g/mol. The Morgan fingerprint density at radius 3 is 3.22 bits per heavy atom. The van der Waals surface area contributed by atoms with Gasteiger partial charge in [-0.25, -0.2) is 0 Å². The van der Waals surface area contributed by atoms with E-state index in [1.54, 1.807) is 0 Å². The van der Waals surface area contributed by atoms with E-state index in [9.17, 15) is 4.79 Å². The summed E-state index contributed by atoms with van der Waals surface area (Å²) >= 11 is 0. The molecule has 0 radical (unpaired) electrons. The normalized spacial score (nSPS) is 23.0. The van der Waals surface area contributed by atoms with Crippen molar-refractivity contribution in [3.63, 3.8) is 0 Å². The van der Waals surface area contributed by atoms with Crippen LogP contribution in [0.3, 0.4) is 0 Å². The van der Waals surface area contributed by atoms with Crippen LogP contribution in [0, 0.1) is 0 Å². The molecule has 2 unspecified atom stereocenters.